The normalized spacial score (nSPS) is 14.8. The van der Waals surface area contributed by atoms with Crippen LogP contribution in [-0.4, -0.2) is 64.5 Å². The van der Waals surface area contributed by atoms with E-state index < -0.39 is 59.3 Å². The van der Waals surface area contributed by atoms with Crippen LogP contribution >= 0.6 is 23.2 Å². The first-order chi connectivity index (χ1) is 18.6. The molecule has 1 atom stereocenters. The summed E-state index contributed by atoms with van der Waals surface area (Å²) in [5.41, 5.74) is -1.48. The molecule has 1 aliphatic rings. The van der Waals surface area contributed by atoms with E-state index in [1.165, 1.54) is 6.07 Å². The summed E-state index contributed by atoms with van der Waals surface area (Å²) in [4.78, 5) is 34.3. The second kappa shape index (κ2) is 15.9. The molecule has 24 heteroatoms. The Balaban J connectivity index is 0.00000308. The number of hydrogen-bond donors (Lipinski definition) is 3. The van der Waals surface area contributed by atoms with Gasteiger partial charge in [-0.15, -0.1) is 0 Å². The summed E-state index contributed by atoms with van der Waals surface area (Å²) in [6.07, 6.45) is 0. The Morgan fingerprint density at radius 1 is 0.930 bits per heavy atom. The molecule has 2 heterocycles. The summed E-state index contributed by atoms with van der Waals surface area (Å²) in [7, 11) is -9.49. The van der Waals surface area contributed by atoms with Crippen molar-refractivity contribution in [2.75, 3.05) is 10.3 Å². The van der Waals surface area contributed by atoms with Crippen LogP contribution in [-0.2, 0) is 29.8 Å². The third-order valence-corrected chi connectivity index (χ3v) is 6.94. The van der Waals surface area contributed by atoms with Crippen molar-refractivity contribution < 1.29 is 129 Å². The number of halogens is 2. The number of anilines is 3. The summed E-state index contributed by atoms with van der Waals surface area (Å²) in [5, 5.41) is 25.1. The van der Waals surface area contributed by atoms with Crippen molar-refractivity contribution in [1.29, 1.82) is 0 Å². The Bertz CT molecular complexity index is 1810. The molecule has 17 nitrogen and oxygen atoms in total. The number of nitrogens with zero attached hydrogens (tertiary/aromatic N) is 7. The third kappa shape index (κ3) is 9.92. The zero-order valence-electron chi connectivity index (χ0n) is 22.1. The number of benzene rings is 2. The third-order valence-electron chi connectivity index (χ3n) is 4.85. The van der Waals surface area contributed by atoms with Gasteiger partial charge in [-0.25, -0.2) is 0 Å². The number of aliphatic carboxylic acids is 1. The van der Waals surface area contributed by atoms with E-state index in [9.17, 15) is 36.1 Å². The van der Waals surface area contributed by atoms with Crippen molar-refractivity contribution in [2.45, 2.75) is 15.8 Å². The van der Waals surface area contributed by atoms with E-state index in [2.05, 4.69) is 35.6 Å². The van der Waals surface area contributed by atoms with Crippen molar-refractivity contribution in [2.24, 2.45) is 15.3 Å². The Morgan fingerprint density at radius 2 is 1.51 bits per heavy atom. The van der Waals surface area contributed by atoms with Crippen LogP contribution in [0.25, 0.3) is 0 Å². The van der Waals surface area contributed by atoms with E-state index in [1.807, 2.05) is 0 Å². The molecule has 3 N–H and O–H groups in total. The number of nitrogens with one attached hydrogen (secondary N) is 1. The molecule has 0 fully saturated rings. The summed E-state index contributed by atoms with van der Waals surface area (Å²) in [6, 6.07) is 5.30. The maximum atomic E-state index is 12.9. The average Bonchev–Trinajstić information content (AvgIpc) is 3.18. The zero-order valence-corrected chi connectivity index (χ0v) is 31.2. The van der Waals surface area contributed by atoms with Gasteiger partial charge in [0.15, 0.2) is 6.04 Å². The smallest absolute Gasteiger partial charge is 0.543 e. The van der Waals surface area contributed by atoms with Gasteiger partial charge in [0.25, 0.3) is 26.1 Å². The van der Waals surface area contributed by atoms with Gasteiger partial charge in [0.05, 0.1) is 16.6 Å². The molecule has 1 aliphatic heterocycles. The number of rotatable bonds is 8. The van der Waals surface area contributed by atoms with Crippen molar-refractivity contribution in [3.8, 4) is 0 Å². The second-order valence-corrected chi connectivity index (χ2v) is 11.0. The number of carbonyl (C=O) groups excluding carboxylic acids is 2. The molecule has 2 aromatic carbocycles. The van der Waals surface area contributed by atoms with E-state index in [0.29, 0.717) is 5.01 Å². The van der Waals surface area contributed by atoms with E-state index in [1.54, 1.807) is 0 Å². The van der Waals surface area contributed by atoms with Crippen LogP contribution in [0.15, 0.2) is 67.6 Å². The molecule has 208 valence electrons. The van der Waals surface area contributed by atoms with Gasteiger partial charge in [0.2, 0.25) is 16.5 Å². The number of carboxylic acid groups (broad SMARTS) is 1. The SMILES string of the molecule is O=C([O-])C1=NN(c2ccc(S(=O)(=O)O)cc2)C(=O)C1N=Nc1ccc(Nc2nc(Cl)nc(Cl)n2)cc1S(=O)(=O)O.[Na+].[Na+].[Na+]. The Hall–Kier alpha value is -1.14. The van der Waals surface area contributed by atoms with Gasteiger partial charge < -0.3 is 15.2 Å². The maximum Gasteiger partial charge on any atom is 1.00 e. The molecule has 3 aromatic rings. The molecule has 0 saturated heterocycles. The van der Waals surface area contributed by atoms with E-state index in [-0.39, 0.29) is 117 Å². The zero-order chi connectivity index (χ0) is 29.4. The molecule has 0 saturated carbocycles. The quantitative estimate of drug-likeness (QED) is 0.112. The van der Waals surface area contributed by atoms with Crippen molar-refractivity contribution in [1.82, 2.24) is 15.0 Å². The first kappa shape index (κ1) is 39.9. The molecule has 1 amide bonds. The Labute approximate surface area is 319 Å². The van der Waals surface area contributed by atoms with E-state index in [0.717, 1.165) is 36.4 Å². The monoisotopic (exact) mass is 698 g/mol. The van der Waals surface area contributed by atoms with Gasteiger partial charge in [-0.2, -0.15) is 52.1 Å². The van der Waals surface area contributed by atoms with Crippen LogP contribution < -0.4 is 104 Å². The van der Waals surface area contributed by atoms with Gasteiger partial charge >= 0.3 is 88.7 Å². The molecule has 1 aromatic heterocycles. The summed E-state index contributed by atoms with van der Waals surface area (Å²) < 4.78 is 65.3. The Kier molecular flexibility index (Phi) is 14.8. The minimum atomic E-state index is -4.95. The van der Waals surface area contributed by atoms with Crippen molar-refractivity contribution in [3.63, 3.8) is 0 Å². The second-order valence-electron chi connectivity index (χ2n) is 7.49. The molecule has 0 radical (unpaired) electrons. The topological polar surface area (TPSA) is 257 Å². The van der Waals surface area contributed by atoms with Gasteiger partial charge in [0, 0.05) is 5.69 Å². The fourth-order valence-electron chi connectivity index (χ4n) is 3.16. The van der Waals surface area contributed by atoms with Gasteiger partial charge in [-0.1, -0.05) is 0 Å². The van der Waals surface area contributed by atoms with E-state index in [4.69, 9.17) is 27.8 Å². The van der Waals surface area contributed by atoms with Crippen molar-refractivity contribution in [3.05, 3.63) is 53.0 Å². The first-order valence-electron chi connectivity index (χ1n) is 10.2. The number of azo groups is 1. The standard InChI is InChI=1S/C19H12Cl2N8O9S2.3Na/c20-17-23-18(21)25-19(24-17)22-8-1-6-11(12(7-8)40(36,37)38)26-27-13-14(16(31)32)28-29(15(13)30)9-2-4-10(5-3-9)39(33,34)35;;;/h1-7,13H,(H,31,32)(H,33,34,35)(H,36,37,38)(H,22,23,24,25);;;/q;3*+1/p-1. The minimum Gasteiger partial charge on any atom is -0.543 e. The van der Waals surface area contributed by atoms with Crippen LogP contribution in [0.1, 0.15) is 0 Å². The average molecular weight is 699 g/mol. The van der Waals surface area contributed by atoms with E-state index >= 15 is 0 Å². The van der Waals surface area contributed by atoms with Crippen LogP contribution in [0.2, 0.25) is 10.6 Å². The fourth-order valence-corrected chi connectivity index (χ4v) is 4.65. The molecule has 4 rings (SSSR count). The minimum absolute atomic E-state index is 0. The van der Waals surface area contributed by atoms with Gasteiger partial charge in [-0.3, -0.25) is 13.9 Å². The molecular formula is C19H11Cl2N8Na3O9S2+2. The number of aromatic nitrogens is 3. The molecule has 0 bridgehead atoms. The maximum absolute atomic E-state index is 12.9. The number of carboxylic acids is 1. The van der Waals surface area contributed by atoms with Crippen LogP contribution in [0.5, 0.6) is 0 Å². The molecule has 43 heavy (non-hydrogen) atoms. The van der Waals surface area contributed by atoms with Gasteiger partial charge in [-0.05, 0) is 65.7 Å². The first-order valence-corrected chi connectivity index (χ1v) is 13.8. The molecule has 1 unspecified atom stereocenters. The number of amides is 1. The summed E-state index contributed by atoms with van der Waals surface area (Å²) in [6.45, 7) is 0. The molecule has 0 aliphatic carbocycles. The molecular weight excluding hydrogens is 688 g/mol. The summed E-state index contributed by atoms with van der Waals surface area (Å²) in [5.74, 6) is -3.15. The summed E-state index contributed by atoms with van der Waals surface area (Å²) >= 11 is 11.4. The van der Waals surface area contributed by atoms with Crippen LogP contribution in [0.4, 0.5) is 23.0 Å². The Morgan fingerprint density at radius 3 is 2.02 bits per heavy atom. The predicted molar refractivity (Wildman–Crippen MR) is 134 cm³/mol. The predicted octanol–water partition coefficient (Wildman–Crippen LogP) is -7.97. The fraction of sp³-hybridized carbons (Fsp3) is 0.0526. The van der Waals surface area contributed by atoms with Gasteiger partial charge in [0.1, 0.15) is 16.3 Å². The van der Waals surface area contributed by atoms with Crippen LogP contribution in [0, 0.1) is 0 Å². The number of hydrogen-bond acceptors (Lipinski definition) is 14. The largest absolute Gasteiger partial charge is 1.00 e. The van der Waals surface area contributed by atoms with Crippen LogP contribution in [0.3, 0.4) is 0 Å². The van der Waals surface area contributed by atoms with Crippen molar-refractivity contribution >= 4 is 84.0 Å². The number of carbonyl (C=O) groups is 2. The molecule has 0 spiro atoms. The number of hydrazone groups is 1.